The Morgan fingerprint density at radius 2 is 2.00 bits per heavy atom. The molecule has 1 aromatic carbocycles. The number of fused-ring (bicyclic) bond motifs is 1. The molecule has 3 rings (SSSR count). The molecule has 1 aliphatic rings. The van der Waals surface area contributed by atoms with Gasteiger partial charge in [0.25, 0.3) is 0 Å². The van der Waals surface area contributed by atoms with E-state index in [0.717, 1.165) is 49.2 Å². The average molecular weight is 291 g/mol. The van der Waals surface area contributed by atoms with E-state index in [2.05, 4.69) is 27.1 Å². The molecule has 0 amide bonds. The zero-order valence-electron chi connectivity index (χ0n) is 11.6. The molecule has 2 aromatic rings. The molecule has 4 nitrogen and oxygen atoms in total. The van der Waals surface area contributed by atoms with E-state index >= 15 is 0 Å². The SMILES string of the molecule is CCN1CCC(Nc2nc(Cl)nc3ccccc23)CC1. The molecule has 0 bridgehead atoms. The molecular formula is C15H19ClN4. The number of halogens is 1. The molecule has 1 aromatic heterocycles. The molecule has 0 radical (unpaired) electrons. The first-order valence-electron chi connectivity index (χ1n) is 7.17. The van der Waals surface area contributed by atoms with Gasteiger partial charge in [-0.1, -0.05) is 19.1 Å². The van der Waals surface area contributed by atoms with Gasteiger partial charge in [0.1, 0.15) is 5.82 Å². The van der Waals surface area contributed by atoms with Crippen molar-refractivity contribution in [3.8, 4) is 0 Å². The Bertz CT molecular complexity index is 593. The van der Waals surface area contributed by atoms with Crippen LogP contribution >= 0.6 is 11.6 Å². The second-order valence-electron chi connectivity index (χ2n) is 5.21. The lowest BCUT2D eigenvalue weighted by Crippen LogP contribution is -2.39. The van der Waals surface area contributed by atoms with Crippen LogP contribution in [0, 0.1) is 0 Å². The molecule has 1 saturated heterocycles. The van der Waals surface area contributed by atoms with E-state index in [1.165, 1.54) is 0 Å². The number of piperidine rings is 1. The summed E-state index contributed by atoms with van der Waals surface area (Å²) in [6.07, 6.45) is 2.29. The summed E-state index contributed by atoms with van der Waals surface area (Å²) in [4.78, 5) is 11.1. The highest BCUT2D eigenvalue weighted by molar-refractivity contribution is 6.28. The van der Waals surface area contributed by atoms with Crippen molar-refractivity contribution >= 4 is 28.3 Å². The summed E-state index contributed by atoms with van der Waals surface area (Å²) in [7, 11) is 0. The van der Waals surface area contributed by atoms with Crippen molar-refractivity contribution in [1.82, 2.24) is 14.9 Å². The minimum atomic E-state index is 0.303. The van der Waals surface area contributed by atoms with E-state index in [-0.39, 0.29) is 0 Å². The highest BCUT2D eigenvalue weighted by Crippen LogP contribution is 2.24. The van der Waals surface area contributed by atoms with Crippen molar-refractivity contribution in [2.24, 2.45) is 0 Å². The van der Waals surface area contributed by atoms with Gasteiger partial charge >= 0.3 is 0 Å². The number of rotatable bonds is 3. The Balaban J connectivity index is 1.81. The fourth-order valence-electron chi connectivity index (χ4n) is 2.75. The summed E-state index contributed by atoms with van der Waals surface area (Å²) in [5.41, 5.74) is 0.890. The highest BCUT2D eigenvalue weighted by atomic mass is 35.5. The second-order valence-corrected chi connectivity index (χ2v) is 5.55. The maximum absolute atomic E-state index is 6.02. The fraction of sp³-hybridized carbons (Fsp3) is 0.467. The normalized spacial score (nSPS) is 17.5. The first-order chi connectivity index (χ1) is 9.76. The maximum atomic E-state index is 6.02. The van der Waals surface area contributed by atoms with Gasteiger partial charge in [-0.05, 0) is 43.1 Å². The monoisotopic (exact) mass is 290 g/mol. The quantitative estimate of drug-likeness (QED) is 0.882. The van der Waals surface area contributed by atoms with Crippen molar-refractivity contribution < 1.29 is 0 Å². The van der Waals surface area contributed by atoms with Crippen LogP contribution in [0.5, 0.6) is 0 Å². The van der Waals surface area contributed by atoms with Gasteiger partial charge < -0.3 is 10.2 Å². The maximum Gasteiger partial charge on any atom is 0.224 e. The number of likely N-dealkylation sites (tertiary alicyclic amines) is 1. The number of nitrogens with zero attached hydrogens (tertiary/aromatic N) is 3. The molecule has 5 heteroatoms. The second kappa shape index (κ2) is 5.94. The number of benzene rings is 1. The Labute approximate surface area is 124 Å². The van der Waals surface area contributed by atoms with Crippen LogP contribution in [0.2, 0.25) is 5.28 Å². The summed E-state index contributed by atoms with van der Waals surface area (Å²) in [6, 6.07) is 8.44. The number of nitrogens with one attached hydrogen (secondary N) is 1. The van der Waals surface area contributed by atoms with Crippen LogP contribution in [0.3, 0.4) is 0 Å². The average Bonchev–Trinajstić information content (AvgIpc) is 2.48. The van der Waals surface area contributed by atoms with Gasteiger partial charge in [-0.15, -0.1) is 0 Å². The van der Waals surface area contributed by atoms with E-state index < -0.39 is 0 Å². The van der Waals surface area contributed by atoms with Crippen LogP contribution < -0.4 is 5.32 Å². The van der Waals surface area contributed by atoms with Gasteiger partial charge in [-0.3, -0.25) is 0 Å². The molecule has 0 spiro atoms. The lowest BCUT2D eigenvalue weighted by atomic mass is 10.0. The Morgan fingerprint density at radius 3 is 2.75 bits per heavy atom. The van der Waals surface area contributed by atoms with E-state index in [1.807, 2.05) is 24.3 Å². The first-order valence-corrected chi connectivity index (χ1v) is 7.55. The first kappa shape index (κ1) is 13.6. The topological polar surface area (TPSA) is 41.0 Å². The van der Waals surface area contributed by atoms with Crippen LogP contribution in [-0.2, 0) is 0 Å². The van der Waals surface area contributed by atoms with Crippen LogP contribution in [-0.4, -0.2) is 40.5 Å². The smallest absolute Gasteiger partial charge is 0.224 e. The summed E-state index contributed by atoms with van der Waals surface area (Å²) in [5.74, 6) is 0.857. The molecule has 106 valence electrons. The third-order valence-corrected chi connectivity index (χ3v) is 4.12. The molecule has 1 aliphatic heterocycles. The van der Waals surface area contributed by atoms with Crippen molar-refractivity contribution in [2.45, 2.75) is 25.8 Å². The predicted molar refractivity (Wildman–Crippen MR) is 83.3 cm³/mol. The molecular weight excluding hydrogens is 272 g/mol. The van der Waals surface area contributed by atoms with Crippen LogP contribution in [0.1, 0.15) is 19.8 Å². The number of aromatic nitrogens is 2. The van der Waals surface area contributed by atoms with E-state index in [4.69, 9.17) is 11.6 Å². The zero-order chi connectivity index (χ0) is 13.9. The van der Waals surface area contributed by atoms with Crippen LogP contribution in [0.15, 0.2) is 24.3 Å². The van der Waals surface area contributed by atoms with Gasteiger partial charge in [-0.25, -0.2) is 9.97 Å². The Kier molecular flexibility index (Phi) is 4.03. The number of hydrogen-bond acceptors (Lipinski definition) is 4. The lowest BCUT2D eigenvalue weighted by Gasteiger charge is -2.31. The van der Waals surface area contributed by atoms with Crippen molar-refractivity contribution in [1.29, 1.82) is 0 Å². The van der Waals surface area contributed by atoms with Gasteiger partial charge in [-0.2, -0.15) is 0 Å². The van der Waals surface area contributed by atoms with Crippen molar-refractivity contribution in [2.75, 3.05) is 25.0 Å². The molecule has 1 fully saturated rings. The molecule has 0 unspecified atom stereocenters. The van der Waals surface area contributed by atoms with Crippen molar-refractivity contribution in [3.63, 3.8) is 0 Å². The summed E-state index contributed by atoms with van der Waals surface area (Å²) >= 11 is 6.02. The number of para-hydroxylation sites is 1. The molecule has 20 heavy (non-hydrogen) atoms. The predicted octanol–water partition coefficient (Wildman–Crippen LogP) is 3.18. The van der Waals surface area contributed by atoms with Crippen LogP contribution in [0.4, 0.5) is 5.82 Å². The number of anilines is 1. The summed E-state index contributed by atoms with van der Waals surface area (Å²) in [6.45, 7) is 5.64. The molecule has 0 atom stereocenters. The summed E-state index contributed by atoms with van der Waals surface area (Å²) in [5, 5.41) is 4.89. The fourth-order valence-corrected chi connectivity index (χ4v) is 2.92. The molecule has 1 N–H and O–H groups in total. The number of hydrogen-bond donors (Lipinski definition) is 1. The highest BCUT2D eigenvalue weighted by Gasteiger charge is 2.19. The van der Waals surface area contributed by atoms with E-state index in [9.17, 15) is 0 Å². The van der Waals surface area contributed by atoms with Gasteiger partial charge in [0, 0.05) is 24.5 Å². The minimum absolute atomic E-state index is 0.303. The third-order valence-electron chi connectivity index (χ3n) is 3.95. The van der Waals surface area contributed by atoms with E-state index in [1.54, 1.807) is 0 Å². The van der Waals surface area contributed by atoms with Crippen molar-refractivity contribution in [3.05, 3.63) is 29.5 Å². The molecule has 0 saturated carbocycles. The Hall–Kier alpha value is -1.39. The third kappa shape index (κ3) is 2.86. The van der Waals surface area contributed by atoms with E-state index in [0.29, 0.717) is 11.3 Å². The zero-order valence-corrected chi connectivity index (χ0v) is 12.4. The van der Waals surface area contributed by atoms with Gasteiger partial charge in [0.15, 0.2) is 0 Å². The largest absolute Gasteiger partial charge is 0.367 e. The van der Waals surface area contributed by atoms with Crippen LogP contribution in [0.25, 0.3) is 10.9 Å². The minimum Gasteiger partial charge on any atom is -0.367 e. The lowest BCUT2D eigenvalue weighted by molar-refractivity contribution is 0.229. The van der Waals surface area contributed by atoms with Gasteiger partial charge in [0.2, 0.25) is 5.28 Å². The summed E-state index contributed by atoms with van der Waals surface area (Å²) < 4.78 is 0. The standard InChI is InChI=1S/C15H19ClN4/c1-2-20-9-7-11(8-10-20)17-14-12-5-3-4-6-13(12)18-15(16)19-14/h3-6,11H,2,7-10H2,1H3,(H,17,18,19). The van der Waals surface area contributed by atoms with Gasteiger partial charge in [0.05, 0.1) is 5.52 Å². The molecule has 2 heterocycles. The molecule has 0 aliphatic carbocycles. The Morgan fingerprint density at radius 1 is 1.25 bits per heavy atom.